The van der Waals surface area contributed by atoms with E-state index in [0.29, 0.717) is 75.4 Å². The first-order valence-corrected chi connectivity index (χ1v) is 49.7. The maximum atomic E-state index is 5.06. The van der Waals surface area contributed by atoms with E-state index in [-0.39, 0.29) is 0 Å². The minimum atomic E-state index is 0.512. The Bertz CT molecular complexity index is 9840. The zero-order valence-corrected chi connectivity index (χ0v) is 80.3. The summed E-state index contributed by atoms with van der Waals surface area (Å²) in [6, 6.07) is 161. The van der Waals surface area contributed by atoms with Crippen LogP contribution < -0.4 is 0 Å². The summed E-state index contributed by atoms with van der Waals surface area (Å²) in [5.41, 5.74) is 24.3. The number of hydrogen-bond acceptors (Lipinski definition) is 14. The Morgan fingerprint density at radius 3 is 0.660 bits per heavy atom. The van der Waals surface area contributed by atoms with Crippen molar-refractivity contribution in [3.05, 3.63) is 498 Å². The van der Waals surface area contributed by atoms with Crippen LogP contribution in [0.2, 0.25) is 0 Å². The molecule has 0 spiro atoms. The van der Waals surface area contributed by atoms with Crippen LogP contribution in [0.15, 0.2) is 498 Å². The van der Waals surface area contributed by atoms with Crippen molar-refractivity contribution < 1.29 is 0 Å². The number of hydrogen-bond donors (Lipinski definition) is 0. The molecule has 30 rings (SSSR count). The number of rotatable bonds is 15. The zero-order chi connectivity index (χ0) is 99.1. The van der Waals surface area contributed by atoms with Gasteiger partial charge in [0.05, 0.1) is 77.3 Å². The molecule has 12 aromatic heterocycles. The molecule has 0 bridgehead atoms. The van der Waals surface area contributed by atoms with Gasteiger partial charge < -0.3 is 13.7 Å². The first-order valence-electron chi connectivity index (χ1n) is 49.7. The standard InChI is InChI=1S/C44H28N6.2C43H27N7/c1-4-14-29(15-5-1)42-46-43(30-16-6-2-7-17-30)48-44(47-42)31-24-25-41(45-28-31)50-38-23-13-11-21-34(38)36-26-35-33-20-10-12-22-37(33)49(39(35)27-40(36)50)32-18-8-3-9-19-32;1-4-14-28(15-5-1)40-46-41(29-16-6-2-7-17-29)48-42(47-40)30-26-44-43(45-27-30)50-37-23-13-11-21-33(37)35-24-34-32-20-10-12-22-36(32)49(38(34)25-39(35)50)31-18-8-3-9-19-31;1-4-14-28(15-5-1)40-46-41(29-16-6-2-7-17-29)48-42(47-40)30-26-44-43(45-27-30)50-37-23-13-11-21-33(37)35-25-24-34-32-20-10-12-22-36(32)49(38(34)39(35)50)31-18-8-3-9-19-31/h1-28H;2*1-27H. The molecular formula is C130H82N20. The van der Waals surface area contributed by atoms with E-state index < -0.39 is 0 Å². The molecular weight excluding hydrogens is 1840 g/mol. The zero-order valence-electron chi connectivity index (χ0n) is 80.3. The minimum absolute atomic E-state index is 0.512. The first kappa shape index (κ1) is 86.9. The Balaban J connectivity index is 0.000000108. The van der Waals surface area contributed by atoms with Crippen LogP contribution in [-0.2, 0) is 0 Å². The second kappa shape index (κ2) is 36.8. The molecule has 20 heteroatoms. The van der Waals surface area contributed by atoms with E-state index >= 15 is 0 Å². The third-order valence-corrected chi connectivity index (χ3v) is 28.0. The highest BCUT2D eigenvalue weighted by Gasteiger charge is 2.28. The summed E-state index contributed by atoms with van der Waals surface area (Å²) in [7, 11) is 0. The SMILES string of the molecule is c1ccc(-c2nc(-c3ccccc3)nc(-c3ccc(-n4c5ccccc5c5cc6c7ccccc7n(-c7ccccc7)c6cc54)nc3)n2)cc1.c1ccc(-c2nc(-c3ccccc3)nc(-c3cnc(-n4c5ccccc5c5cc6c7ccccc7n(-c7ccccc7)c6cc54)nc3)n2)cc1.c1ccc(-c2nc(-c3ccccc3)nc(-c3cnc(-n4c5ccccc5c5ccc6c7ccccc7n(-c7ccccc7)c6c54)nc3)n2)cc1. The van der Waals surface area contributed by atoms with Gasteiger partial charge in [0.25, 0.3) is 0 Å². The lowest BCUT2D eigenvalue weighted by Crippen LogP contribution is -2.04. The second-order valence-corrected chi connectivity index (χ2v) is 36.8. The van der Waals surface area contributed by atoms with Crippen LogP contribution in [0.25, 0.3) is 268 Å². The summed E-state index contributed by atoms with van der Waals surface area (Å²) in [5, 5.41) is 14.2. The summed E-state index contributed by atoms with van der Waals surface area (Å²) < 4.78 is 13.7. The fourth-order valence-corrected chi connectivity index (χ4v) is 21.2. The van der Waals surface area contributed by atoms with Crippen LogP contribution in [0.1, 0.15) is 0 Å². The largest absolute Gasteiger partial charge is 0.309 e. The lowest BCUT2D eigenvalue weighted by Gasteiger charge is -2.12. The number of nitrogens with zero attached hydrogens (tertiary/aromatic N) is 20. The second-order valence-electron chi connectivity index (χ2n) is 36.8. The molecule has 0 aliphatic carbocycles. The van der Waals surface area contributed by atoms with Gasteiger partial charge in [-0.25, -0.2) is 69.8 Å². The molecule has 0 aliphatic rings. The molecule has 0 fully saturated rings. The Morgan fingerprint density at radius 2 is 0.347 bits per heavy atom. The van der Waals surface area contributed by atoms with Gasteiger partial charge >= 0.3 is 0 Å². The van der Waals surface area contributed by atoms with Crippen molar-refractivity contribution in [1.29, 1.82) is 0 Å². The third-order valence-electron chi connectivity index (χ3n) is 28.0. The number of fused-ring (bicyclic) bond motifs is 19. The lowest BCUT2D eigenvalue weighted by molar-refractivity contribution is 0.981. The molecule has 12 heterocycles. The smallest absolute Gasteiger partial charge is 0.234 e. The molecule has 20 nitrogen and oxygen atoms in total. The highest BCUT2D eigenvalue weighted by molar-refractivity contribution is 6.25. The molecule has 0 aliphatic heterocycles. The van der Waals surface area contributed by atoms with Crippen molar-refractivity contribution in [3.8, 4) is 137 Å². The lowest BCUT2D eigenvalue weighted by atomic mass is 10.1. The van der Waals surface area contributed by atoms with Gasteiger partial charge in [0, 0.05) is 152 Å². The van der Waals surface area contributed by atoms with Crippen molar-refractivity contribution in [2.75, 3.05) is 0 Å². The fourth-order valence-electron chi connectivity index (χ4n) is 21.2. The fraction of sp³-hybridized carbons (Fsp3) is 0. The van der Waals surface area contributed by atoms with Crippen molar-refractivity contribution in [2.45, 2.75) is 0 Å². The summed E-state index contributed by atoms with van der Waals surface area (Å²) in [4.78, 5) is 68.8. The number of benzene rings is 18. The topological polar surface area (TPSA) is 210 Å². The third kappa shape index (κ3) is 15.2. The van der Waals surface area contributed by atoms with Crippen LogP contribution >= 0.6 is 0 Å². The molecule has 0 radical (unpaired) electrons. The van der Waals surface area contributed by atoms with Gasteiger partial charge in [-0.1, -0.05) is 358 Å². The molecule has 0 unspecified atom stereocenters. The Labute approximate surface area is 857 Å². The highest BCUT2D eigenvalue weighted by atomic mass is 15.2. The quantitative estimate of drug-likeness (QED) is 0.0935. The van der Waals surface area contributed by atoms with E-state index in [2.05, 4.69) is 313 Å². The average molecular weight is 1920 g/mol. The van der Waals surface area contributed by atoms with Crippen molar-refractivity contribution in [3.63, 3.8) is 0 Å². The Hall–Kier alpha value is -20.9. The van der Waals surface area contributed by atoms with Crippen molar-refractivity contribution >= 4 is 131 Å². The molecule has 0 saturated carbocycles. The average Bonchev–Trinajstić information content (AvgIpc) is 1.54. The molecule has 0 saturated heterocycles. The van der Waals surface area contributed by atoms with Gasteiger partial charge in [0.2, 0.25) is 11.9 Å². The predicted molar refractivity (Wildman–Crippen MR) is 603 cm³/mol. The van der Waals surface area contributed by atoms with E-state index in [1.54, 1.807) is 12.4 Å². The van der Waals surface area contributed by atoms with E-state index in [0.717, 1.165) is 139 Å². The maximum Gasteiger partial charge on any atom is 0.234 e. The monoisotopic (exact) mass is 1920 g/mol. The van der Waals surface area contributed by atoms with Crippen molar-refractivity contribution in [2.24, 2.45) is 0 Å². The molecule has 0 N–H and O–H groups in total. The van der Waals surface area contributed by atoms with Crippen LogP contribution in [0.5, 0.6) is 0 Å². The van der Waals surface area contributed by atoms with Gasteiger partial charge in [-0.3, -0.25) is 13.7 Å². The molecule has 0 amide bonds. The number of para-hydroxylation sites is 9. The van der Waals surface area contributed by atoms with E-state index in [1.807, 2.05) is 201 Å². The van der Waals surface area contributed by atoms with Gasteiger partial charge in [-0.05, 0) is 109 Å². The molecule has 30 aromatic rings. The summed E-state index contributed by atoms with van der Waals surface area (Å²) in [6.45, 7) is 0. The normalized spacial score (nSPS) is 11.6. The first-order chi connectivity index (χ1) is 74.4. The van der Waals surface area contributed by atoms with Gasteiger partial charge in [-0.2, -0.15) is 0 Å². The Kier molecular flexibility index (Phi) is 21.3. The highest BCUT2D eigenvalue weighted by Crippen LogP contribution is 2.46. The summed E-state index contributed by atoms with van der Waals surface area (Å²) in [6.07, 6.45) is 9.11. The molecule has 702 valence electrons. The summed E-state index contributed by atoms with van der Waals surface area (Å²) >= 11 is 0. The van der Waals surface area contributed by atoms with Crippen LogP contribution in [0, 0.1) is 0 Å². The minimum Gasteiger partial charge on any atom is -0.309 e. The van der Waals surface area contributed by atoms with Crippen LogP contribution in [0.3, 0.4) is 0 Å². The van der Waals surface area contributed by atoms with Crippen molar-refractivity contribution in [1.82, 2.24) is 97.2 Å². The van der Waals surface area contributed by atoms with Gasteiger partial charge in [0.1, 0.15) is 5.82 Å². The van der Waals surface area contributed by atoms with E-state index in [4.69, 9.17) is 69.8 Å². The Morgan fingerprint density at radius 1 is 0.127 bits per heavy atom. The predicted octanol–water partition coefficient (Wildman–Crippen LogP) is 30.2. The molecule has 18 aromatic carbocycles. The van der Waals surface area contributed by atoms with Gasteiger partial charge in [0.15, 0.2) is 52.4 Å². The maximum absolute atomic E-state index is 5.06. The van der Waals surface area contributed by atoms with Gasteiger partial charge in [-0.15, -0.1) is 0 Å². The van der Waals surface area contributed by atoms with E-state index in [9.17, 15) is 0 Å². The molecule has 0 atom stereocenters. The summed E-state index contributed by atoms with van der Waals surface area (Å²) in [5.74, 6) is 7.19. The number of pyridine rings is 1. The van der Waals surface area contributed by atoms with Crippen LogP contribution in [0.4, 0.5) is 0 Å². The molecule has 150 heavy (non-hydrogen) atoms. The van der Waals surface area contributed by atoms with E-state index in [1.165, 1.54) is 54.1 Å². The number of aromatic nitrogens is 20. The van der Waals surface area contributed by atoms with Crippen LogP contribution in [-0.4, -0.2) is 97.2 Å².